The van der Waals surface area contributed by atoms with Crippen LogP contribution in [-0.2, 0) is 0 Å². The summed E-state index contributed by atoms with van der Waals surface area (Å²) in [6.45, 7) is 3.55. The molecule has 0 aromatic carbocycles. The highest BCUT2D eigenvalue weighted by atomic mass is 19.4. The zero-order valence-corrected chi connectivity index (χ0v) is 7.15. The lowest BCUT2D eigenvalue weighted by Crippen LogP contribution is -2.38. The first-order valence-corrected chi connectivity index (χ1v) is 3.86. The van der Waals surface area contributed by atoms with Crippen molar-refractivity contribution in [3.05, 3.63) is 0 Å². The molecule has 74 valence electrons. The monoisotopic (exact) mass is 185 g/mol. The topological polar surface area (TPSA) is 32.3 Å². The molecule has 0 fully saturated rings. The van der Waals surface area contributed by atoms with Gasteiger partial charge < -0.3 is 5.11 Å². The molecule has 2 atom stereocenters. The highest BCUT2D eigenvalue weighted by molar-refractivity contribution is 4.64. The second kappa shape index (κ2) is 4.67. The maximum absolute atomic E-state index is 11.7. The molecule has 0 bridgehead atoms. The molecule has 0 aliphatic carbocycles. The van der Waals surface area contributed by atoms with Gasteiger partial charge in [-0.05, 0) is 13.3 Å². The molecule has 0 amide bonds. The maximum Gasteiger partial charge on any atom is 0.392 e. The van der Waals surface area contributed by atoms with Gasteiger partial charge >= 0.3 is 6.18 Å². The highest BCUT2D eigenvalue weighted by Crippen LogP contribution is 2.20. The van der Waals surface area contributed by atoms with Crippen LogP contribution in [0.1, 0.15) is 26.7 Å². The van der Waals surface area contributed by atoms with Gasteiger partial charge in [-0.25, -0.2) is 0 Å². The number of alkyl halides is 3. The van der Waals surface area contributed by atoms with E-state index in [-0.39, 0.29) is 6.04 Å². The van der Waals surface area contributed by atoms with Crippen molar-refractivity contribution in [1.29, 1.82) is 0 Å². The number of rotatable bonds is 4. The Morgan fingerprint density at radius 3 is 2.25 bits per heavy atom. The molecule has 0 saturated heterocycles. The maximum atomic E-state index is 11.7. The predicted octanol–water partition coefficient (Wildman–Crippen LogP) is 1.65. The summed E-state index contributed by atoms with van der Waals surface area (Å²) in [7, 11) is 0. The van der Waals surface area contributed by atoms with Gasteiger partial charge in [0.05, 0.1) is 6.42 Å². The van der Waals surface area contributed by atoms with E-state index < -0.39 is 18.8 Å². The first kappa shape index (κ1) is 11.7. The Morgan fingerprint density at radius 1 is 1.42 bits per heavy atom. The minimum Gasteiger partial charge on any atom is -0.378 e. The Hall–Kier alpha value is -0.290. The van der Waals surface area contributed by atoms with Crippen molar-refractivity contribution in [3.8, 4) is 0 Å². The van der Waals surface area contributed by atoms with Crippen LogP contribution in [-0.4, -0.2) is 23.6 Å². The van der Waals surface area contributed by atoms with Crippen LogP contribution in [0.2, 0.25) is 0 Å². The van der Waals surface area contributed by atoms with Crippen LogP contribution in [0.3, 0.4) is 0 Å². The molecule has 12 heavy (non-hydrogen) atoms. The minimum absolute atomic E-state index is 0.0950. The third-order valence-corrected chi connectivity index (χ3v) is 1.51. The van der Waals surface area contributed by atoms with Crippen molar-refractivity contribution in [2.45, 2.75) is 45.1 Å². The molecule has 2 nitrogen and oxygen atoms in total. The van der Waals surface area contributed by atoms with Crippen molar-refractivity contribution in [2.75, 3.05) is 0 Å². The molecule has 2 N–H and O–H groups in total. The largest absolute Gasteiger partial charge is 0.392 e. The Kier molecular flexibility index (Phi) is 4.55. The Bertz CT molecular complexity index is 126. The summed E-state index contributed by atoms with van der Waals surface area (Å²) in [4.78, 5) is 0. The van der Waals surface area contributed by atoms with Crippen molar-refractivity contribution >= 4 is 0 Å². The molecule has 0 aromatic rings. The van der Waals surface area contributed by atoms with E-state index in [4.69, 9.17) is 5.11 Å². The lowest BCUT2D eigenvalue weighted by atomic mass is 10.2. The molecule has 0 heterocycles. The number of nitrogens with one attached hydrogen (secondary N) is 1. The van der Waals surface area contributed by atoms with Crippen LogP contribution in [0.5, 0.6) is 0 Å². The van der Waals surface area contributed by atoms with Crippen LogP contribution in [0, 0.1) is 0 Å². The van der Waals surface area contributed by atoms with Gasteiger partial charge in [0.1, 0.15) is 6.23 Å². The second-order valence-corrected chi connectivity index (χ2v) is 2.81. The van der Waals surface area contributed by atoms with E-state index in [1.807, 2.05) is 6.92 Å². The molecule has 0 aliphatic rings. The van der Waals surface area contributed by atoms with Gasteiger partial charge in [0.25, 0.3) is 0 Å². The van der Waals surface area contributed by atoms with Crippen molar-refractivity contribution in [2.24, 2.45) is 0 Å². The number of aliphatic hydroxyl groups excluding tert-OH is 1. The van der Waals surface area contributed by atoms with Gasteiger partial charge in [-0.3, -0.25) is 5.32 Å². The summed E-state index contributed by atoms with van der Waals surface area (Å²) in [5.74, 6) is 0. The molecule has 0 rings (SSSR count). The van der Waals surface area contributed by atoms with Crippen LogP contribution in [0.25, 0.3) is 0 Å². The Labute approximate surface area is 69.8 Å². The van der Waals surface area contributed by atoms with Crippen LogP contribution >= 0.6 is 0 Å². The molecule has 0 radical (unpaired) electrons. The highest BCUT2D eigenvalue weighted by Gasteiger charge is 2.31. The average Bonchev–Trinajstić information content (AvgIpc) is 1.82. The fraction of sp³-hybridized carbons (Fsp3) is 1.00. The van der Waals surface area contributed by atoms with E-state index in [1.165, 1.54) is 0 Å². The molecular formula is C7H14F3NO. The number of hydrogen-bond donors (Lipinski definition) is 2. The van der Waals surface area contributed by atoms with Gasteiger partial charge in [-0.2, -0.15) is 13.2 Å². The van der Waals surface area contributed by atoms with Crippen molar-refractivity contribution < 1.29 is 18.3 Å². The van der Waals surface area contributed by atoms with E-state index >= 15 is 0 Å². The summed E-state index contributed by atoms with van der Waals surface area (Å²) < 4.78 is 35.0. The number of hydrogen-bond acceptors (Lipinski definition) is 2. The summed E-state index contributed by atoms with van der Waals surface area (Å²) in [5.41, 5.74) is 0. The third-order valence-electron chi connectivity index (χ3n) is 1.51. The standard InChI is InChI=1S/C7H14F3NO/c1-3-5(2)11-6(12)4-7(8,9)10/h5-6,11-12H,3-4H2,1-2H3. The van der Waals surface area contributed by atoms with E-state index in [2.05, 4.69) is 5.32 Å². The molecule has 0 aromatic heterocycles. The van der Waals surface area contributed by atoms with Crippen LogP contribution < -0.4 is 5.32 Å². The van der Waals surface area contributed by atoms with Gasteiger partial charge in [-0.15, -0.1) is 0 Å². The summed E-state index contributed by atoms with van der Waals surface area (Å²) in [6, 6.07) is -0.0950. The first-order chi connectivity index (χ1) is 5.35. The lowest BCUT2D eigenvalue weighted by Gasteiger charge is -2.18. The van der Waals surface area contributed by atoms with Gasteiger partial charge in [0, 0.05) is 6.04 Å². The molecule has 2 unspecified atom stereocenters. The molecule has 5 heteroatoms. The Morgan fingerprint density at radius 2 is 1.92 bits per heavy atom. The summed E-state index contributed by atoms with van der Waals surface area (Å²) in [6.07, 6.45) is -6.30. The second-order valence-electron chi connectivity index (χ2n) is 2.81. The van der Waals surface area contributed by atoms with E-state index in [9.17, 15) is 13.2 Å². The Balaban J connectivity index is 3.66. The van der Waals surface area contributed by atoms with Gasteiger partial charge in [0.15, 0.2) is 0 Å². The molecule has 0 spiro atoms. The minimum atomic E-state index is -4.31. The summed E-state index contributed by atoms with van der Waals surface area (Å²) >= 11 is 0. The third kappa shape index (κ3) is 6.42. The zero-order valence-electron chi connectivity index (χ0n) is 7.15. The van der Waals surface area contributed by atoms with Gasteiger partial charge in [-0.1, -0.05) is 6.92 Å². The van der Waals surface area contributed by atoms with E-state index in [1.54, 1.807) is 6.92 Å². The summed E-state index contributed by atoms with van der Waals surface area (Å²) in [5, 5.41) is 11.3. The normalized spacial score (nSPS) is 17.5. The fourth-order valence-electron chi connectivity index (χ4n) is 0.724. The lowest BCUT2D eigenvalue weighted by molar-refractivity contribution is -0.157. The first-order valence-electron chi connectivity index (χ1n) is 3.86. The molecule has 0 aliphatic heterocycles. The quantitative estimate of drug-likeness (QED) is 0.652. The average molecular weight is 185 g/mol. The van der Waals surface area contributed by atoms with E-state index in [0.29, 0.717) is 6.42 Å². The zero-order chi connectivity index (χ0) is 9.78. The van der Waals surface area contributed by atoms with Crippen molar-refractivity contribution in [1.82, 2.24) is 5.32 Å². The predicted molar refractivity (Wildman–Crippen MR) is 39.6 cm³/mol. The molecule has 0 saturated carbocycles. The fourth-order valence-corrected chi connectivity index (χ4v) is 0.724. The van der Waals surface area contributed by atoms with E-state index in [0.717, 1.165) is 0 Å². The molecular weight excluding hydrogens is 171 g/mol. The number of halogens is 3. The van der Waals surface area contributed by atoms with Crippen LogP contribution in [0.15, 0.2) is 0 Å². The number of aliphatic hydroxyl groups is 1. The van der Waals surface area contributed by atoms with Gasteiger partial charge in [0.2, 0.25) is 0 Å². The van der Waals surface area contributed by atoms with Crippen molar-refractivity contribution in [3.63, 3.8) is 0 Å². The smallest absolute Gasteiger partial charge is 0.378 e. The van der Waals surface area contributed by atoms with Crippen LogP contribution in [0.4, 0.5) is 13.2 Å². The SMILES string of the molecule is CCC(C)NC(O)CC(F)(F)F.